The highest BCUT2D eigenvalue weighted by Gasteiger charge is 2.19. The highest BCUT2D eigenvalue weighted by Crippen LogP contribution is 2.36. The number of ether oxygens (including phenoxy) is 1. The third-order valence-corrected chi connectivity index (χ3v) is 4.21. The van der Waals surface area contributed by atoms with Crippen molar-refractivity contribution in [2.45, 2.75) is 4.90 Å². The quantitative estimate of drug-likeness (QED) is 0.884. The van der Waals surface area contributed by atoms with Crippen LogP contribution in [-0.4, -0.2) is 32.0 Å². The van der Waals surface area contributed by atoms with Crippen LogP contribution in [0.25, 0.3) is 11.3 Å². The first-order valence-electron chi connectivity index (χ1n) is 5.21. The van der Waals surface area contributed by atoms with Crippen LogP contribution in [0.5, 0.6) is 5.75 Å². The molecule has 3 N–H and O–H groups in total. The SMILES string of the molecule is COc1c(Br)cc(-c2cc(N)n[nH]2)cc1S(C)(=O)=O. The molecule has 0 bridgehead atoms. The summed E-state index contributed by atoms with van der Waals surface area (Å²) in [6.45, 7) is 0. The zero-order chi connectivity index (χ0) is 14.2. The van der Waals surface area contributed by atoms with Crippen molar-refractivity contribution < 1.29 is 13.2 Å². The summed E-state index contributed by atoms with van der Waals surface area (Å²) in [7, 11) is -1.99. The zero-order valence-electron chi connectivity index (χ0n) is 10.3. The topological polar surface area (TPSA) is 98.1 Å². The van der Waals surface area contributed by atoms with Crippen molar-refractivity contribution in [2.24, 2.45) is 0 Å². The fourth-order valence-electron chi connectivity index (χ4n) is 1.68. The first-order chi connectivity index (χ1) is 8.82. The molecule has 0 unspecified atom stereocenters. The number of hydrogen-bond donors (Lipinski definition) is 2. The lowest BCUT2D eigenvalue weighted by molar-refractivity contribution is 0.400. The van der Waals surface area contributed by atoms with Crippen molar-refractivity contribution in [3.63, 3.8) is 0 Å². The Hall–Kier alpha value is -1.54. The van der Waals surface area contributed by atoms with E-state index in [2.05, 4.69) is 26.1 Å². The molecule has 0 fully saturated rings. The number of aromatic amines is 1. The third-order valence-electron chi connectivity index (χ3n) is 2.52. The molecule has 2 aromatic rings. The number of benzene rings is 1. The summed E-state index contributed by atoms with van der Waals surface area (Å²) in [5.74, 6) is 0.613. The van der Waals surface area contributed by atoms with Crippen LogP contribution in [0.3, 0.4) is 0 Å². The summed E-state index contributed by atoms with van der Waals surface area (Å²) >= 11 is 3.30. The van der Waals surface area contributed by atoms with E-state index in [-0.39, 0.29) is 10.6 Å². The Balaban J connectivity index is 2.70. The molecular weight excluding hydrogens is 334 g/mol. The number of nitrogen functional groups attached to an aromatic ring is 1. The lowest BCUT2D eigenvalue weighted by Gasteiger charge is -2.11. The molecule has 0 atom stereocenters. The van der Waals surface area contributed by atoms with Gasteiger partial charge in [-0.05, 0) is 28.1 Å². The van der Waals surface area contributed by atoms with Gasteiger partial charge in [-0.2, -0.15) is 5.10 Å². The molecule has 6 nitrogen and oxygen atoms in total. The number of H-pyrrole nitrogens is 1. The molecule has 19 heavy (non-hydrogen) atoms. The van der Waals surface area contributed by atoms with Crippen molar-refractivity contribution in [2.75, 3.05) is 19.1 Å². The minimum atomic E-state index is -3.41. The number of anilines is 1. The molecule has 8 heteroatoms. The van der Waals surface area contributed by atoms with E-state index < -0.39 is 9.84 Å². The molecule has 0 radical (unpaired) electrons. The number of nitrogens with two attached hydrogens (primary N) is 1. The highest BCUT2D eigenvalue weighted by atomic mass is 79.9. The van der Waals surface area contributed by atoms with Gasteiger partial charge in [-0.3, -0.25) is 5.10 Å². The second-order valence-electron chi connectivity index (χ2n) is 3.97. The number of sulfone groups is 1. The van der Waals surface area contributed by atoms with Crippen molar-refractivity contribution in [3.8, 4) is 17.0 Å². The second-order valence-corrected chi connectivity index (χ2v) is 6.81. The van der Waals surface area contributed by atoms with Crippen LogP contribution in [0, 0.1) is 0 Å². The Morgan fingerprint density at radius 3 is 2.53 bits per heavy atom. The van der Waals surface area contributed by atoms with Crippen molar-refractivity contribution in [1.82, 2.24) is 10.2 Å². The Morgan fingerprint density at radius 2 is 2.05 bits per heavy atom. The van der Waals surface area contributed by atoms with Gasteiger partial charge in [-0.25, -0.2) is 8.42 Å². The van der Waals surface area contributed by atoms with Crippen molar-refractivity contribution >= 4 is 31.6 Å². The number of nitrogens with one attached hydrogen (secondary N) is 1. The predicted octanol–water partition coefficient (Wildman–Crippen LogP) is 1.83. The van der Waals surface area contributed by atoms with Gasteiger partial charge >= 0.3 is 0 Å². The van der Waals surface area contributed by atoms with E-state index >= 15 is 0 Å². The smallest absolute Gasteiger partial charge is 0.179 e. The Labute approximate surface area is 119 Å². The summed E-state index contributed by atoms with van der Waals surface area (Å²) in [6.07, 6.45) is 1.13. The molecular formula is C11H12BrN3O3S. The van der Waals surface area contributed by atoms with Gasteiger partial charge in [0.1, 0.15) is 10.7 Å². The average molecular weight is 346 g/mol. The average Bonchev–Trinajstić information content (AvgIpc) is 2.73. The largest absolute Gasteiger partial charge is 0.494 e. The molecule has 0 aliphatic carbocycles. The minimum absolute atomic E-state index is 0.104. The van der Waals surface area contributed by atoms with Gasteiger partial charge in [0.15, 0.2) is 15.6 Å². The summed E-state index contributed by atoms with van der Waals surface area (Å²) in [4.78, 5) is 0.104. The minimum Gasteiger partial charge on any atom is -0.494 e. The number of hydrogen-bond acceptors (Lipinski definition) is 5. The lowest BCUT2D eigenvalue weighted by atomic mass is 10.1. The van der Waals surface area contributed by atoms with E-state index in [4.69, 9.17) is 10.5 Å². The van der Waals surface area contributed by atoms with E-state index in [1.54, 1.807) is 12.1 Å². The summed E-state index contributed by atoms with van der Waals surface area (Å²) < 4.78 is 29.3. The summed E-state index contributed by atoms with van der Waals surface area (Å²) in [6, 6.07) is 4.88. The van der Waals surface area contributed by atoms with Crippen LogP contribution in [0.2, 0.25) is 0 Å². The molecule has 0 spiro atoms. The fourth-order valence-corrected chi connectivity index (χ4v) is 3.31. The van der Waals surface area contributed by atoms with E-state index in [1.807, 2.05) is 0 Å². The Bertz CT molecular complexity index is 725. The van der Waals surface area contributed by atoms with Gasteiger partial charge in [0.25, 0.3) is 0 Å². The second kappa shape index (κ2) is 4.86. The first-order valence-corrected chi connectivity index (χ1v) is 7.90. The normalized spacial score (nSPS) is 11.5. The van der Waals surface area contributed by atoms with E-state index in [0.717, 1.165) is 6.26 Å². The van der Waals surface area contributed by atoms with Crippen molar-refractivity contribution in [1.29, 1.82) is 0 Å². The maximum Gasteiger partial charge on any atom is 0.179 e. The van der Waals surface area contributed by atoms with E-state index in [9.17, 15) is 8.42 Å². The number of aromatic nitrogens is 2. The molecule has 1 aromatic carbocycles. The standard InChI is InChI=1S/C11H12BrN3O3S/c1-18-11-7(12)3-6(4-9(11)19(2,16)17)8-5-10(13)15-14-8/h3-5H,1-2H3,(H3,13,14,15). The van der Waals surface area contributed by atoms with Crippen LogP contribution in [-0.2, 0) is 9.84 Å². The van der Waals surface area contributed by atoms with E-state index in [0.29, 0.717) is 21.5 Å². The molecule has 0 aliphatic rings. The molecule has 0 saturated heterocycles. The van der Waals surface area contributed by atoms with Gasteiger partial charge in [0, 0.05) is 17.9 Å². The molecule has 0 saturated carbocycles. The predicted molar refractivity (Wildman–Crippen MR) is 75.8 cm³/mol. The monoisotopic (exact) mass is 345 g/mol. The summed E-state index contributed by atoms with van der Waals surface area (Å²) in [5, 5.41) is 6.55. The van der Waals surface area contributed by atoms with Gasteiger partial charge in [-0.15, -0.1) is 0 Å². The first kappa shape index (κ1) is 13.9. The van der Waals surface area contributed by atoms with Crippen LogP contribution in [0.15, 0.2) is 27.6 Å². The number of nitrogens with zero attached hydrogens (tertiary/aromatic N) is 1. The number of methoxy groups -OCH3 is 1. The molecule has 102 valence electrons. The van der Waals surface area contributed by atoms with Crippen LogP contribution >= 0.6 is 15.9 Å². The maximum atomic E-state index is 11.8. The molecule has 0 aliphatic heterocycles. The number of halogens is 1. The number of rotatable bonds is 3. The fraction of sp³-hybridized carbons (Fsp3) is 0.182. The highest BCUT2D eigenvalue weighted by molar-refractivity contribution is 9.10. The van der Waals surface area contributed by atoms with Gasteiger partial charge in [0.05, 0.1) is 17.3 Å². The Morgan fingerprint density at radius 1 is 1.37 bits per heavy atom. The molecule has 1 heterocycles. The van der Waals surface area contributed by atoms with Crippen LogP contribution in [0.1, 0.15) is 0 Å². The van der Waals surface area contributed by atoms with Gasteiger partial charge < -0.3 is 10.5 Å². The summed E-state index contributed by atoms with van der Waals surface area (Å²) in [5.41, 5.74) is 6.82. The van der Waals surface area contributed by atoms with Crippen LogP contribution < -0.4 is 10.5 Å². The zero-order valence-corrected chi connectivity index (χ0v) is 12.7. The Kier molecular flexibility index (Phi) is 3.55. The maximum absolute atomic E-state index is 11.8. The van der Waals surface area contributed by atoms with Gasteiger partial charge in [-0.1, -0.05) is 0 Å². The molecule has 0 amide bonds. The molecule has 2 rings (SSSR count). The van der Waals surface area contributed by atoms with Gasteiger partial charge in [0.2, 0.25) is 0 Å². The lowest BCUT2D eigenvalue weighted by Crippen LogP contribution is -2.02. The van der Waals surface area contributed by atoms with E-state index in [1.165, 1.54) is 13.2 Å². The molecule has 1 aromatic heterocycles. The van der Waals surface area contributed by atoms with Crippen molar-refractivity contribution in [3.05, 3.63) is 22.7 Å². The third kappa shape index (κ3) is 2.74. The van der Waals surface area contributed by atoms with Crippen LogP contribution in [0.4, 0.5) is 5.82 Å².